The summed E-state index contributed by atoms with van der Waals surface area (Å²) in [6.45, 7) is 1.33. The molecule has 3 aromatic rings. The highest BCUT2D eigenvalue weighted by molar-refractivity contribution is 5.68. The van der Waals surface area contributed by atoms with Crippen molar-refractivity contribution in [1.82, 2.24) is 0 Å². The minimum atomic E-state index is 0.569. The van der Waals surface area contributed by atoms with E-state index in [4.69, 9.17) is 9.47 Å². The summed E-state index contributed by atoms with van der Waals surface area (Å²) in [6.07, 6.45) is 0. The molecule has 3 aromatic carbocycles. The second-order valence-corrected chi connectivity index (χ2v) is 5.81. The normalized spacial score (nSPS) is 13.1. The van der Waals surface area contributed by atoms with E-state index >= 15 is 0 Å². The molecule has 0 radical (unpaired) electrons. The molecule has 0 spiro atoms. The SMILES string of the molecule is COc1ccc(N2Cc3ccccc3OCc3ccccc32)cc1. The fraction of sp³-hybridized carbons (Fsp3) is 0.143. The number of methoxy groups -OCH3 is 1. The maximum absolute atomic E-state index is 6.03. The van der Waals surface area contributed by atoms with E-state index in [1.165, 1.54) is 16.8 Å². The van der Waals surface area contributed by atoms with E-state index in [9.17, 15) is 0 Å². The lowest BCUT2D eigenvalue weighted by Gasteiger charge is -2.30. The Labute approximate surface area is 142 Å². The van der Waals surface area contributed by atoms with Gasteiger partial charge < -0.3 is 14.4 Å². The fourth-order valence-electron chi connectivity index (χ4n) is 3.08. The number of ether oxygens (including phenoxy) is 2. The van der Waals surface area contributed by atoms with Gasteiger partial charge in [0.25, 0.3) is 0 Å². The van der Waals surface area contributed by atoms with Crippen molar-refractivity contribution < 1.29 is 9.47 Å². The minimum absolute atomic E-state index is 0.569. The summed E-state index contributed by atoms with van der Waals surface area (Å²) in [7, 11) is 1.69. The van der Waals surface area contributed by atoms with Crippen LogP contribution in [0.3, 0.4) is 0 Å². The van der Waals surface area contributed by atoms with Gasteiger partial charge in [-0.25, -0.2) is 0 Å². The largest absolute Gasteiger partial charge is 0.497 e. The molecule has 0 unspecified atom stereocenters. The number of para-hydroxylation sites is 2. The lowest BCUT2D eigenvalue weighted by atomic mass is 10.1. The lowest BCUT2D eigenvalue weighted by molar-refractivity contribution is 0.301. The van der Waals surface area contributed by atoms with Crippen molar-refractivity contribution in [3.8, 4) is 11.5 Å². The average molecular weight is 317 g/mol. The van der Waals surface area contributed by atoms with Crippen LogP contribution < -0.4 is 14.4 Å². The molecule has 0 atom stereocenters. The molecule has 0 saturated carbocycles. The first kappa shape index (κ1) is 14.6. The van der Waals surface area contributed by atoms with Crippen LogP contribution in [-0.2, 0) is 13.2 Å². The zero-order valence-electron chi connectivity index (χ0n) is 13.6. The second kappa shape index (κ2) is 6.28. The Kier molecular flexibility index (Phi) is 3.83. The molecule has 4 rings (SSSR count). The van der Waals surface area contributed by atoms with Crippen LogP contribution in [0.15, 0.2) is 72.8 Å². The summed E-state index contributed by atoms with van der Waals surface area (Å²) >= 11 is 0. The average Bonchev–Trinajstić information content (AvgIpc) is 2.64. The molecule has 0 amide bonds. The molecule has 1 aliphatic heterocycles. The highest BCUT2D eigenvalue weighted by atomic mass is 16.5. The fourth-order valence-corrected chi connectivity index (χ4v) is 3.08. The van der Waals surface area contributed by atoms with Crippen molar-refractivity contribution in [2.45, 2.75) is 13.2 Å². The number of benzene rings is 3. The van der Waals surface area contributed by atoms with Crippen molar-refractivity contribution in [2.75, 3.05) is 12.0 Å². The van der Waals surface area contributed by atoms with Crippen LogP contribution in [0.4, 0.5) is 11.4 Å². The van der Waals surface area contributed by atoms with E-state index in [0.717, 1.165) is 23.7 Å². The topological polar surface area (TPSA) is 21.7 Å². The first-order chi connectivity index (χ1) is 11.8. The van der Waals surface area contributed by atoms with Gasteiger partial charge in [-0.3, -0.25) is 0 Å². The van der Waals surface area contributed by atoms with Gasteiger partial charge >= 0.3 is 0 Å². The Morgan fingerprint density at radius 3 is 2.33 bits per heavy atom. The van der Waals surface area contributed by atoms with E-state index in [1.54, 1.807) is 7.11 Å². The molecule has 0 bridgehead atoms. The molecule has 3 heteroatoms. The molecule has 1 aliphatic rings. The predicted molar refractivity (Wildman–Crippen MR) is 96.1 cm³/mol. The number of fused-ring (bicyclic) bond motifs is 2. The van der Waals surface area contributed by atoms with Crippen LogP contribution in [0.2, 0.25) is 0 Å². The number of hydrogen-bond acceptors (Lipinski definition) is 3. The van der Waals surface area contributed by atoms with E-state index in [0.29, 0.717) is 6.61 Å². The van der Waals surface area contributed by atoms with E-state index < -0.39 is 0 Å². The molecule has 120 valence electrons. The monoisotopic (exact) mass is 317 g/mol. The highest BCUT2D eigenvalue weighted by Gasteiger charge is 2.19. The van der Waals surface area contributed by atoms with E-state index in [2.05, 4.69) is 53.4 Å². The maximum Gasteiger partial charge on any atom is 0.124 e. The van der Waals surface area contributed by atoms with Gasteiger partial charge in [-0.1, -0.05) is 36.4 Å². The second-order valence-electron chi connectivity index (χ2n) is 5.81. The minimum Gasteiger partial charge on any atom is -0.497 e. The van der Waals surface area contributed by atoms with Crippen molar-refractivity contribution in [2.24, 2.45) is 0 Å². The van der Waals surface area contributed by atoms with Gasteiger partial charge in [0.2, 0.25) is 0 Å². The summed E-state index contributed by atoms with van der Waals surface area (Å²) in [5.74, 6) is 1.81. The first-order valence-electron chi connectivity index (χ1n) is 8.05. The maximum atomic E-state index is 6.03. The number of hydrogen-bond donors (Lipinski definition) is 0. The molecule has 0 aliphatic carbocycles. The molecule has 24 heavy (non-hydrogen) atoms. The molecule has 3 nitrogen and oxygen atoms in total. The van der Waals surface area contributed by atoms with E-state index in [1.807, 2.05) is 24.3 Å². The summed E-state index contributed by atoms with van der Waals surface area (Å²) < 4.78 is 11.3. The Bertz CT molecular complexity index is 842. The van der Waals surface area contributed by atoms with Crippen molar-refractivity contribution in [1.29, 1.82) is 0 Å². The quantitative estimate of drug-likeness (QED) is 0.669. The summed E-state index contributed by atoms with van der Waals surface area (Å²) in [4.78, 5) is 2.33. The summed E-state index contributed by atoms with van der Waals surface area (Å²) in [6, 6.07) is 24.8. The molecular weight excluding hydrogens is 298 g/mol. The summed E-state index contributed by atoms with van der Waals surface area (Å²) in [5, 5.41) is 0. The molecular formula is C21H19NO2. The predicted octanol–water partition coefficient (Wildman–Crippen LogP) is 4.93. The van der Waals surface area contributed by atoms with Crippen LogP contribution in [0, 0.1) is 0 Å². The zero-order valence-corrected chi connectivity index (χ0v) is 13.6. The highest BCUT2D eigenvalue weighted by Crippen LogP contribution is 2.36. The van der Waals surface area contributed by atoms with Crippen LogP contribution in [0.5, 0.6) is 11.5 Å². The number of rotatable bonds is 2. The molecule has 0 N–H and O–H groups in total. The van der Waals surface area contributed by atoms with Gasteiger partial charge in [-0.2, -0.15) is 0 Å². The van der Waals surface area contributed by atoms with Crippen LogP contribution >= 0.6 is 0 Å². The van der Waals surface area contributed by atoms with Crippen molar-refractivity contribution in [3.63, 3.8) is 0 Å². The third-order valence-electron chi connectivity index (χ3n) is 4.35. The van der Waals surface area contributed by atoms with Crippen molar-refractivity contribution >= 4 is 11.4 Å². The standard InChI is InChI=1S/C21H19NO2/c1-23-19-12-10-18(11-13-19)22-14-16-6-3-5-9-21(16)24-15-17-7-2-4-8-20(17)22/h2-13H,14-15H2,1H3. The van der Waals surface area contributed by atoms with E-state index in [-0.39, 0.29) is 0 Å². The van der Waals surface area contributed by atoms with Crippen LogP contribution in [-0.4, -0.2) is 7.11 Å². The lowest BCUT2D eigenvalue weighted by Crippen LogP contribution is -2.21. The third kappa shape index (κ3) is 2.69. The first-order valence-corrected chi connectivity index (χ1v) is 8.05. The molecule has 0 aromatic heterocycles. The third-order valence-corrected chi connectivity index (χ3v) is 4.35. The summed E-state index contributed by atoms with van der Waals surface area (Å²) in [5.41, 5.74) is 4.68. The van der Waals surface area contributed by atoms with Gasteiger partial charge in [0.1, 0.15) is 18.1 Å². The Morgan fingerprint density at radius 2 is 1.54 bits per heavy atom. The van der Waals surface area contributed by atoms with Gasteiger partial charge in [0.15, 0.2) is 0 Å². The van der Waals surface area contributed by atoms with Crippen molar-refractivity contribution in [3.05, 3.63) is 83.9 Å². The van der Waals surface area contributed by atoms with Crippen LogP contribution in [0.25, 0.3) is 0 Å². The molecule has 0 saturated heterocycles. The Balaban J connectivity index is 1.81. The number of anilines is 2. The van der Waals surface area contributed by atoms with Gasteiger partial charge in [0, 0.05) is 22.5 Å². The van der Waals surface area contributed by atoms with Gasteiger partial charge in [-0.15, -0.1) is 0 Å². The Morgan fingerprint density at radius 1 is 0.833 bits per heavy atom. The molecule has 0 fully saturated rings. The van der Waals surface area contributed by atoms with Crippen LogP contribution in [0.1, 0.15) is 11.1 Å². The zero-order chi connectivity index (χ0) is 16.4. The Hall–Kier alpha value is -2.94. The van der Waals surface area contributed by atoms with Gasteiger partial charge in [0.05, 0.1) is 13.7 Å². The molecule has 1 heterocycles. The van der Waals surface area contributed by atoms with Gasteiger partial charge in [-0.05, 0) is 36.4 Å². The number of nitrogens with zero attached hydrogens (tertiary/aromatic N) is 1. The smallest absolute Gasteiger partial charge is 0.124 e.